The fourth-order valence-corrected chi connectivity index (χ4v) is 15.6. The molecule has 6 heteroatoms. The molecule has 0 amide bonds. The Morgan fingerprint density at radius 1 is 0.378 bits per heavy atom. The number of nitrogens with zero attached hydrogens (tertiary/aromatic N) is 4. The number of thiophene rings is 1. The lowest BCUT2D eigenvalue weighted by molar-refractivity contribution is 0.590. The fourth-order valence-electron chi connectivity index (χ4n) is 14.3. The number of hydrogen-bond acceptors (Lipinski definition) is 3. The van der Waals surface area contributed by atoms with Crippen molar-refractivity contribution >= 4 is 132 Å². The van der Waals surface area contributed by atoms with Crippen LogP contribution in [0.15, 0.2) is 182 Å². The summed E-state index contributed by atoms with van der Waals surface area (Å²) in [7, 11) is 0. The molecule has 0 atom stereocenters. The van der Waals surface area contributed by atoms with Gasteiger partial charge < -0.3 is 18.9 Å². The third-order valence-electron chi connectivity index (χ3n) is 18.2. The molecule has 0 saturated carbocycles. The fraction of sp³-hybridized carbons (Fsp3) is 0.211. The van der Waals surface area contributed by atoms with Crippen LogP contribution in [0, 0.1) is 27.7 Å². The van der Waals surface area contributed by atoms with Crippen molar-refractivity contribution in [1.29, 1.82) is 0 Å². The lowest BCUT2D eigenvalue weighted by Gasteiger charge is -2.45. The number of para-hydroxylation sites is 2. The highest BCUT2D eigenvalue weighted by Gasteiger charge is 2.46. The van der Waals surface area contributed by atoms with Crippen LogP contribution in [0.25, 0.3) is 75.2 Å². The van der Waals surface area contributed by atoms with E-state index in [1.165, 1.54) is 148 Å². The van der Waals surface area contributed by atoms with Crippen LogP contribution >= 0.6 is 11.3 Å². The van der Waals surface area contributed by atoms with Crippen molar-refractivity contribution < 1.29 is 0 Å². The molecular formula is C76H69BN4S. The van der Waals surface area contributed by atoms with E-state index in [1.807, 2.05) is 11.3 Å². The number of anilines is 6. The second-order valence-electron chi connectivity index (χ2n) is 26.9. The molecule has 0 radical (unpaired) electrons. The zero-order valence-corrected chi connectivity index (χ0v) is 50.4. The number of rotatable bonds is 4. The third-order valence-corrected chi connectivity index (χ3v) is 19.4. The van der Waals surface area contributed by atoms with Gasteiger partial charge >= 0.3 is 0 Å². The first kappa shape index (κ1) is 50.6. The summed E-state index contributed by atoms with van der Waals surface area (Å²) in [6, 6.07) is 71.0. The standard InChI is InChI=1S/C76H69BN4S/c1-44-36-46(3)70-57(38-44)58-39-45(2)37-47(4)71(58)80(70)53-41-65-69-66(42-53)79(52-33-28-49(29-34-52)75(8,9)10)72-60(77(69)59-40-50(76(11,12)13)30-35-63(59)78(65)51-31-26-48(27-32-51)74(5,6)7)43-64(68-56-22-16-19-25-67(56)82-73(68)72)81-61-23-17-14-20-54(61)55-21-15-18-24-62(55)81/h14-43H,1-13H3. The normalized spacial score (nSPS) is 13.6. The second kappa shape index (κ2) is 17.6. The van der Waals surface area contributed by atoms with Crippen molar-refractivity contribution in [2.24, 2.45) is 0 Å². The highest BCUT2D eigenvalue weighted by atomic mass is 32.1. The molecule has 82 heavy (non-hydrogen) atoms. The minimum atomic E-state index is -0.144. The van der Waals surface area contributed by atoms with Gasteiger partial charge in [0.05, 0.1) is 43.8 Å². The molecule has 0 fully saturated rings. The molecule has 4 nitrogen and oxygen atoms in total. The number of fused-ring (bicyclic) bond motifs is 14. The van der Waals surface area contributed by atoms with Crippen molar-refractivity contribution in [3.05, 3.63) is 221 Å². The molecule has 13 aromatic rings. The van der Waals surface area contributed by atoms with E-state index < -0.39 is 0 Å². The van der Waals surface area contributed by atoms with Crippen molar-refractivity contribution in [2.75, 3.05) is 9.80 Å². The largest absolute Gasteiger partial charge is 0.311 e. The predicted molar refractivity (Wildman–Crippen MR) is 357 cm³/mol. The SMILES string of the molecule is Cc1cc(C)c2c(c1)c1cc(C)cc(C)c1n2-c1cc2c3c(c1)N(c1ccc(C(C)(C)C)cc1)c1c(cc(-n4c5ccccc5c5ccccc54)c4c1sc1ccccc14)B3c1cc(C(C)(C)C)ccc1N2c1ccc(C(C)(C)C)cc1. The van der Waals surface area contributed by atoms with Gasteiger partial charge in [-0.05, 0) is 167 Å². The lowest BCUT2D eigenvalue weighted by atomic mass is 9.33. The molecule has 15 rings (SSSR count). The Morgan fingerprint density at radius 2 is 0.866 bits per heavy atom. The first-order valence-corrected chi connectivity index (χ1v) is 30.2. The molecule has 0 aliphatic carbocycles. The summed E-state index contributed by atoms with van der Waals surface area (Å²) in [6.45, 7) is 30.0. The Balaban J connectivity index is 1.16. The van der Waals surface area contributed by atoms with Crippen LogP contribution < -0.4 is 26.2 Å². The highest BCUT2D eigenvalue weighted by Crippen LogP contribution is 2.53. The molecule has 3 aromatic heterocycles. The van der Waals surface area contributed by atoms with Crippen LogP contribution in [0.1, 0.15) is 101 Å². The molecule has 2 aliphatic rings. The Bertz CT molecular complexity index is 4730. The summed E-state index contributed by atoms with van der Waals surface area (Å²) in [5.41, 5.74) is 27.3. The minimum absolute atomic E-state index is 0.00809. The van der Waals surface area contributed by atoms with Gasteiger partial charge in [0.1, 0.15) is 0 Å². The average Bonchev–Trinajstić information content (AvgIpc) is 1.37. The molecule has 5 heterocycles. The molecule has 2 aliphatic heterocycles. The second-order valence-corrected chi connectivity index (χ2v) is 28.0. The Hall–Kier alpha value is -8.32. The van der Waals surface area contributed by atoms with Crippen molar-refractivity contribution in [2.45, 2.75) is 106 Å². The number of hydrogen-bond donors (Lipinski definition) is 0. The molecular weight excluding hydrogens is 1010 g/mol. The Labute approximate surface area is 487 Å². The maximum atomic E-state index is 2.69. The number of benzene rings is 10. The quantitative estimate of drug-likeness (QED) is 0.163. The number of aryl methyl sites for hydroxylation is 4. The average molecular weight is 1080 g/mol. The Kier molecular flexibility index (Phi) is 10.9. The first-order valence-electron chi connectivity index (χ1n) is 29.4. The van der Waals surface area contributed by atoms with Gasteiger partial charge in [0, 0.05) is 65.5 Å². The van der Waals surface area contributed by atoms with Gasteiger partial charge in [-0.1, -0.05) is 177 Å². The summed E-state index contributed by atoms with van der Waals surface area (Å²) in [6.07, 6.45) is 0. The molecule has 0 N–H and O–H groups in total. The van der Waals surface area contributed by atoms with E-state index in [2.05, 4.69) is 291 Å². The summed E-state index contributed by atoms with van der Waals surface area (Å²) < 4.78 is 7.78. The zero-order valence-electron chi connectivity index (χ0n) is 49.6. The van der Waals surface area contributed by atoms with Gasteiger partial charge in [-0.2, -0.15) is 0 Å². The van der Waals surface area contributed by atoms with Gasteiger partial charge in [-0.3, -0.25) is 0 Å². The van der Waals surface area contributed by atoms with Crippen molar-refractivity contribution in [3.8, 4) is 11.4 Å². The smallest absolute Gasteiger partial charge is 0.252 e. The van der Waals surface area contributed by atoms with E-state index in [0.29, 0.717) is 0 Å². The van der Waals surface area contributed by atoms with Crippen LogP contribution in [-0.2, 0) is 16.2 Å². The summed E-state index contributed by atoms with van der Waals surface area (Å²) in [5, 5.41) is 7.66. The minimum Gasteiger partial charge on any atom is -0.311 e. The van der Waals surface area contributed by atoms with Gasteiger partial charge in [-0.25, -0.2) is 0 Å². The van der Waals surface area contributed by atoms with Crippen LogP contribution in [0.2, 0.25) is 0 Å². The zero-order chi connectivity index (χ0) is 56.6. The van der Waals surface area contributed by atoms with Gasteiger partial charge in [0.2, 0.25) is 0 Å². The van der Waals surface area contributed by atoms with Crippen molar-refractivity contribution in [3.63, 3.8) is 0 Å². The van der Waals surface area contributed by atoms with E-state index in [-0.39, 0.29) is 23.0 Å². The van der Waals surface area contributed by atoms with Crippen LogP contribution in [0.5, 0.6) is 0 Å². The topological polar surface area (TPSA) is 16.3 Å². The summed E-state index contributed by atoms with van der Waals surface area (Å²) in [4.78, 5) is 5.31. The maximum Gasteiger partial charge on any atom is 0.252 e. The van der Waals surface area contributed by atoms with Gasteiger partial charge in [-0.15, -0.1) is 11.3 Å². The van der Waals surface area contributed by atoms with E-state index in [9.17, 15) is 0 Å². The van der Waals surface area contributed by atoms with Crippen LogP contribution in [0.3, 0.4) is 0 Å². The monoisotopic (exact) mass is 1080 g/mol. The number of aromatic nitrogens is 2. The van der Waals surface area contributed by atoms with E-state index in [0.717, 1.165) is 17.1 Å². The Morgan fingerprint density at radius 3 is 1.41 bits per heavy atom. The molecule has 0 unspecified atom stereocenters. The predicted octanol–water partition coefficient (Wildman–Crippen LogP) is 19.5. The molecule has 0 saturated heterocycles. The van der Waals surface area contributed by atoms with E-state index >= 15 is 0 Å². The summed E-state index contributed by atoms with van der Waals surface area (Å²) >= 11 is 1.94. The maximum absolute atomic E-state index is 2.69. The first-order chi connectivity index (χ1) is 39.2. The van der Waals surface area contributed by atoms with E-state index in [4.69, 9.17) is 0 Å². The van der Waals surface area contributed by atoms with Crippen molar-refractivity contribution in [1.82, 2.24) is 9.13 Å². The molecule has 10 aromatic carbocycles. The highest BCUT2D eigenvalue weighted by molar-refractivity contribution is 7.26. The summed E-state index contributed by atoms with van der Waals surface area (Å²) in [5.74, 6) is 0. The van der Waals surface area contributed by atoms with Crippen LogP contribution in [0.4, 0.5) is 34.1 Å². The van der Waals surface area contributed by atoms with Crippen LogP contribution in [-0.4, -0.2) is 15.8 Å². The third kappa shape index (κ3) is 7.42. The molecule has 0 bridgehead atoms. The molecule has 0 spiro atoms. The van der Waals surface area contributed by atoms with Gasteiger partial charge in [0.25, 0.3) is 6.71 Å². The molecule has 402 valence electrons. The van der Waals surface area contributed by atoms with Gasteiger partial charge in [0.15, 0.2) is 0 Å². The van der Waals surface area contributed by atoms with E-state index in [1.54, 1.807) is 0 Å². The lowest BCUT2D eigenvalue weighted by Crippen LogP contribution is -2.61.